The van der Waals surface area contributed by atoms with Crippen molar-refractivity contribution in [2.75, 3.05) is 33.0 Å². The Kier molecular flexibility index (Phi) is 53.1. The molecule has 388 valence electrons. The molecule has 0 rings (SSSR count). The van der Waals surface area contributed by atoms with Crippen LogP contribution in [-0.2, 0) is 27.9 Å². The molecule has 3 N–H and O–H groups in total. The predicted octanol–water partition coefficient (Wildman–Crippen LogP) is 17.9. The Balaban J connectivity index is 3.89. The van der Waals surface area contributed by atoms with Crippen molar-refractivity contribution in [1.82, 2.24) is 0 Å². The van der Waals surface area contributed by atoms with Gasteiger partial charge in [-0.05, 0) is 77.0 Å². The monoisotopic (exact) mass is 950 g/mol. The first kappa shape index (κ1) is 64.5. The number of hydrogen-bond acceptors (Lipinski definition) is 7. The lowest BCUT2D eigenvalue weighted by Crippen LogP contribution is -2.28. The summed E-state index contributed by atoms with van der Waals surface area (Å²) >= 11 is 0. The summed E-state index contributed by atoms with van der Waals surface area (Å²) in [5, 5.41) is 0. The molecular weight excluding hydrogens is 842 g/mol. The number of carbonyl (C=O) groups excluding carboxylic acids is 1. The van der Waals surface area contributed by atoms with E-state index in [1.165, 1.54) is 205 Å². The third-order valence-corrected chi connectivity index (χ3v) is 13.2. The van der Waals surface area contributed by atoms with Crippen molar-refractivity contribution in [2.45, 2.75) is 277 Å². The maximum Gasteiger partial charge on any atom is 0.472 e. The second-order valence-corrected chi connectivity index (χ2v) is 20.2. The normalized spacial score (nSPS) is 13.6. The van der Waals surface area contributed by atoms with Crippen molar-refractivity contribution < 1.29 is 32.8 Å². The number of carbonyl (C=O) groups is 1. The van der Waals surface area contributed by atoms with Crippen LogP contribution in [0.15, 0.2) is 48.6 Å². The van der Waals surface area contributed by atoms with Gasteiger partial charge in [0.1, 0.15) is 6.10 Å². The lowest BCUT2D eigenvalue weighted by atomic mass is 10.0. The summed E-state index contributed by atoms with van der Waals surface area (Å²) in [6.07, 6.45) is 67.3. The van der Waals surface area contributed by atoms with Crippen LogP contribution in [0.2, 0.25) is 0 Å². The Morgan fingerprint density at radius 2 is 0.803 bits per heavy atom. The van der Waals surface area contributed by atoms with Gasteiger partial charge in [-0.3, -0.25) is 13.8 Å². The summed E-state index contributed by atoms with van der Waals surface area (Å²) < 4.78 is 33.7. The lowest BCUT2D eigenvalue weighted by molar-refractivity contribution is -0.154. The summed E-state index contributed by atoms with van der Waals surface area (Å²) in [6, 6.07) is 0. The highest BCUT2D eigenvalue weighted by atomic mass is 31.2. The Hall–Kier alpha value is -1.54. The average Bonchev–Trinajstić information content (AvgIpc) is 3.31. The molecule has 0 aromatic rings. The Morgan fingerprint density at radius 1 is 0.455 bits per heavy atom. The number of nitrogens with two attached hydrogens (primary N) is 1. The minimum Gasteiger partial charge on any atom is -0.457 e. The molecule has 0 radical (unpaired) electrons. The minimum absolute atomic E-state index is 0.0963. The van der Waals surface area contributed by atoms with Crippen molar-refractivity contribution in [3.63, 3.8) is 0 Å². The van der Waals surface area contributed by atoms with Gasteiger partial charge in [-0.15, -0.1) is 0 Å². The first-order valence-electron chi connectivity index (χ1n) is 28.1. The van der Waals surface area contributed by atoms with Gasteiger partial charge in [0.05, 0.1) is 19.8 Å². The average molecular weight is 950 g/mol. The molecule has 0 heterocycles. The summed E-state index contributed by atoms with van der Waals surface area (Å²) in [5.74, 6) is -0.329. The van der Waals surface area contributed by atoms with E-state index in [2.05, 4.69) is 62.5 Å². The van der Waals surface area contributed by atoms with Crippen LogP contribution in [0.5, 0.6) is 0 Å². The van der Waals surface area contributed by atoms with Crippen LogP contribution in [0.25, 0.3) is 0 Å². The molecule has 2 atom stereocenters. The molecular formula is C57H108NO7P. The zero-order valence-electron chi connectivity index (χ0n) is 43.4. The fraction of sp³-hybridized carbons (Fsp3) is 0.842. The molecule has 0 aliphatic carbocycles. The third-order valence-electron chi connectivity index (χ3n) is 12.2. The van der Waals surface area contributed by atoms with Crippen LogP contribution >= 0.6 is 7.82 Å². The Bertz CT molecular complexity index is 1160. The van der Waals surface area contributed by atoms with Crippen molar-refractivity contribution in [2.24, 2.45) is 5.73 Å². The largest absolute Gasteiger partial charge is 0.472 e. The summed E-state index contributed by atoms with van der Waals surface area (Å²) in [6.45, 7) is 4.94. The maximum atomic E-state index is 12.7. The van der Waals surface area contributed by atoms with E-state index in [-0.39, 0.29) is 32.3 Å². The van der Waals surface area contributed by atoms with E-state index in [0.29, 0.717) is 13.0 Å². The van der Waals surface area contributed by atoms with Gasteiger partial charge in [0.2, 0.25) is 0 Å². The number of unbranched alkanes of at least 4 members (excludes halogenated alkanes) is 33. The summed E-state index contributed by atoms with van der Waals surface area (Å²) in [7, 11) is -4.29. The number of esters is 1. The molecule has 0 aromatic heterocycles. The summed E-state index contributed by atoms with van der Waals surface area (Å²) in [5.41, 5.74) is 5.40. The van der Waals surface area contributed by atoms with E-state index in [0.717, 1.165) is 44.9 Å². The van der Waals surface area contributed by atoms with E-state index in [4.69, 9.17) is 24.3 Å². The van der Waals surface area contributed by atoms with Crippen molar-refractivity contribution in [1.29, 1.82) is 0 Å². The molecule has 8 nitrogen and oxygen atoms in total. The van der Waals surface area contributed by atoms with E-state index >= 15 is 0 Å². The molecule has 0 amide bonds. The molecule has 0 aliphatic rings. The second kappa shape index (κ2) is 54.4. The van der Waals surface area contributed by atoms with Gasteiger partial charge in [-0.25, -0.2) is 4.57 Å². The molecule has 0 aromatic carbocycles. The molecule has 0 aliphatic heterocycles. The van der Waals surface area contributed by atoms with Crippen molar-refractivity contribution in [3.8, 4) is 0 Å². The topological polar surface area (TPSA) is 117 Å². The van der Waals surface area contributed by atoms with Gasteiger partial charge in [0.25, 0.3) is 0 Å². The number of phosphoric ester groups is 1. The lowest BCUT2D eigenvalue weighted by Gasteiger charge is -2.20. The van der Waals surface area contributed by atoms with E-state index in [9.17, 15) is 14.3 Å². The standard InChI is InChI=1S/C57H108NO7P/c1-3-5-7-9-11-13-15-17-19-21-23-25-27-28-29-30-32-34-36-38-40-42-44-46-48-50-57(59)65-56(55-64-66(60,61)63-53-51-58)54-62-52-49-47-45-43-41-39-37-35-33-31-26-24-22-20-18-16-14-12-10-8-6-4-2/h15-18,21-24,56H,3-14,19-20,25-55,58H2,1-2H3,(H,60,61)/b17-15-,18-16-,23-21-,24-22-. The number of phosphoric acid groups is 1. The second-order valence-electron chi connectivity index (χ2n) is 18.8. The van der Waals surface area contributed by atoms with Crippen LogP contribution in [-0.4, -0.2) is 49.9 Å². The Labute approximate surface area is 409 Å². The summed E-state index contributed by atoms with van der Waals surface area (Å²) in [4.78, 5) is 22.7. The molecule has 0 saturated carbocycles. The highest BCUT2D eigenvalue weighted by molar-refractivity contribution is 7.47. The molecule has 0 bridgehead atoms. The number of allylic oxidation sites excluding steroid dienone is 8. The molecule has 0 spiro atoms. The minimum atomic E-state index is -4.29. The van der Waals surface area contributed by atoms with E-state index in [1.54, 1.807) is 0 Å². The van der Waals surface area contributed by atoms with Crippen molar-refractivity contribution >= 4 is 13.8 Å². The van der Waals surface area contributed by atoms with Crippen LogP contribution in [0.4, 0.5) is 0 Å². The zero-order chi connectivity index (χ0) is 48.0. The van der Waals surface area contributed by atoms with Crippen molar-refractivity contribution in [3.05, 3.63) is 48.6 Å². The number of rotatable bonds is 54. The quantitative estimate of drug-likeness (QED) is 0.0268. The number of ether oxygens (including phenoxy) is 2. The first-order chi connectivity index (χ1) is 32.4. The van der Waals surface area contributed by atoms with Gasteiger partial charge in [-0.2, -0.15) is 0 Å². The maximum absolute atomic E-state index is 12.7. The van der Waals surface area contributed by atoms with Gasteiger partial charge in [-0.1, -0.05) is 236 Å². The highest BCUT2D eigenvalue weighted by Gasteiger charge is 2.25. The first-order valence-corrected chi connectivity index (χ1v) is 29.6. The van der Waals surface area contributed by atoms with E-state index < -0.39 is 13.9 Å². The van der Waals surface area contributed by atoms with E-state index in [1.807, 2.05) is 0 Å². The van der Waals surface area contributed by atoms with Crippen LogP contribution in [0.3, 0.4) is 0 Å². The number of hydrogen-bond donors (Lipinski definition) is 2. The van der Waals surface area contributed by atoms with Gasteiger partial charge < -0.3 is 20.1 Å². The molecule has 2 unspecified atom stereocenters. The fourth-order valence-corrected chi connectivity index (χ4v) is 8.83. The highest BCUT2D eigenvalue weighted by Crippen LogP contribution is 2.43. The molecule has 0 saturated heterocycles. The Morgan fingerprint density at radius 3 is 1.18 bits per heavy atom. The SMILES string of the molecule is CCCCCCC/C=C\C/C=C\CCCCCCCCCCCCCCCC(=O)OC(COCCCCCCCCCCCC/C=C\C/C=C\CCCCCCC)COP(=O)(O)OCCN. The zero-order valence-corrected chi connectivity index (χ0v) is 44.3. The third kappa shape index (κ3) is 53.4. The van der Waals surface area contributed by atoms with Crippen LogP contribution < -0.4 is 5.73 Å². The molecule has 0 fully saturated rings. The smallest absolute Gasteiger partial charge is 0.457 e. The van der Waals surface area contributed by atoms with Gasteiger partial charge in [0, 0.05) is 19.6 Å². The van der Waals surface area contributed by atoms with Gasteiger partial charge in [0.15, 0.2) is 0 Å². The van der Waals surface area contributed by atoms with Crippen LogP contribution in [0.1, 0.15) is 271 Å². The molecule has 66 heavy (non-hydrogen) atoms. The van der Waals surface area contributed by atoms with Gasteiger partial charge >= 0.3 is 13.8 Å². The molecule has 9 heteroatoms. The van der Waals surface area contributed by atoms with Crippen LogP contribution in [0, 0.1) is 0 Å². The fourth-order valence-electron chi connectivity index (χ4n) is 8.06. The predicted molar refractivity (Wildman–Crippen MR) is 284 cm³/mol.